The predicted molar refractivity (Wildman–Crippen MR) is 80.0 cm³/mol. The van der Waals surface area contributed by atoms with Crippen LogP contribution in [0.5, 0.6) is 0 Å². The van der Waals surface area contributed by atoms with Crippen molar-refractivity contribution in [2.45, 2.75) is 20.4 Å². The van der Waals surface area contributed by atoms with Gasteiger partial charge < -0.3 is 8.98 Å². The molecule has 0 unspecified atom stereocenters. The SMILES string of the molecule is CC(C)Cn1c(-c2ccc(Br)o2)nc2ccccc21. The maximum Gasteiger partial charge on any atom is 0.177 e. The van der Waals surface area contributed by atoms with E-state index in [0.717, 1.165) is 33.8 Å². The van der Waals surface area contributed by atoms with Crippen molar-refractivity contribution in [3.8, 4) is 11.6 Å². The number of aromatic nitrogens is 2. The van der Waals surface area contributed by atoms with Crippen LogP contribution in [-0.4, -0.2) is 9.55 Å². The first-order chi connectivity index (χ1) is 9.15. The fourth-order valence-electron chi connectivity index (χ4n) is 2.25. The smallest absolute Gasteiger partial charge is 0.177 e. The summed E-state index contributed by atoms with van der Waals surface area (Å²) in [6.45, 7) is 5.33. The molecule has 0 spiro atoms. The Hall–Kier alpha value is -1.55. The minimum absolute atomic E-state index is 0.551. The van der Waals surface area contributed by atoms with Crippen molar-refractivity contribution in [3.05, 3.63) is 41.1 Å². The first-order valence-electron chi connectivity index (χ1n) is 6.36. The van der Waals surface area contributed by atoms with Gasteiger partial charge in [0.15, 0.2) is 16.3 Å². The van der Waals surface area contributed by atoms with Crippen LogP contribution in [-0.2, 0) is 6.54 Å². The summed E-state index contributed by atoms with van der Waals surface area (Å²) < 4.78 is 8.61. The van der Waals surface area contributed by atoms with Crippen molar-refractivity contribution in [3.63, 3.8) is 0 Å². The molecule has 3 aromatic rings. The van der Waals surface area contributed by atoms with Crippen LogP contribution in [0.1, 0.15) is 13.8 Å². The average molecular weight is 319 g/mol. The molecular weight excluding hydrogens is 304 g/mol. The largest absolute Gasteiger partial charge is 0.446 e. The number of furan rings is 1. The minimum atomic E-state index is 0.551. The zero-order valence-corrected chi connectivity index (χ0v) is 12.5. The first kappa shape index (κ1) is 12.5. The molecule has 2 aromatic heterocycles. The number of hydrogen-bond donors (Lipinski definition) is 0. The molecule has 0 aliphatic rings. The molecule has 19 heavy (non-hydrogen) atoms. The van der Waals surface area contributed by atoms with E-state index in [2.05, 4.69) is 40.4 Å². The third-order valence-corrected chi connectivity index (χ3v) is 3.42. The molecule has 0 aliphatic heterocycles. The van der Waals surface area contributed by atoms with Crippen molar-refractivity contribution >= 4 is 27.0 Å². The van der Waals surface area contributed by atoms with E-state index in [1.165, 1.54) is 0 Å². The Morgan fingerprint density at radius 2 is 2.00 bits per heavy atom. The molecule has 2 heterocycles. The van der Waals surface area contributed by atoms with Gasteiger partial charge in [0.1, 0.15) is 0 Å². The molecule has 3 rings (SSSR count). The van der Waals surface area contributed by atoms with E-state index in [1.807, 2.05) is 30.3 Å². The number of para-hydroxylation sites is 2. The molecule has 0 atom stereocenters. The van der Waals surface area contributed by atoms with Gasteiger partial charge in [-0.25, -0.2) is 4.98 Å². The molecule has 0 N–H and O–H groups in total. The number of rotatable bonds is 3. The highest BCUT2D eigenvalue weighted by Gasteiger charge is 2.15. The number of benzene rings is 1. The van der Waals surface area contributed by atoms with E-state index in [-0.39, 0.29) is 0 Å². The Labute approximate surface area is 120 Å². The van der Waals surface area contributed by atoms with Gasteiger partial charge in [-0.15, -0.1) is 0 Å². The van der Waals surface area contributed by atoms with E-state index in [0.29, 0.717) is 5.92 Å². The second-order valence-electron chi connectivity index (χ2n) is 5.03. The lowest BCUT2D eigenvalue weighted by atomic mass is 10.2. The van der Waals surface area contributed by atoms with Gasteiger partial charge in [-0.2, -0.15) is 0 Å². The van der Waals surface area contributed by atoms with Crippen LogP contribution in [0, 0.1) is 5.92 Å². The monoisotopic (exact) mass is 318 g/mol. The van der Waals surface area contributed by atoms with Gasteiger partial charge in [0.2, 0.25) is 0 Å². The van der Waals surface area contributed by atoms with Crippen LogP contribution in [0.4, 0.5) is 0 Å². The Morgan fingerprint density at radius 3 is 2.68 bits per heavy atom. The Morgan fingerprint density at radius 1 is 1.21 bits per heavy atom. The lowest BCUT2D eigenvalue weighted by Gasteiger charge is -2.10. The lowest BCUT2D eigenvalue weighted by Crippen LogP contribution is -2.05. The minimum Gasteiger partial charge on any atom is -0.446 e. The maximum absolute atomic E-state index is 5.65. The van der Waals surface area contributed by atoms with Gasteiger partial charge in [0, 0.05) is 6.54 Å². The van der Waals surface area contributed by atoms with E-state index < -0.39 is 0 Å². The summed E-state index contributed by atoms with van der Waals surface area (Å²) in [6, 6.07) is 12.0. The normalized spacial score (nSPS) is 11.6. The van der Waals surface area contributed by atoms with Gasteiger partial charge >= 0.3 is 0 Å². The summed E-state index contributed by atoms with van der Waals surface area (Å²) in [5.74, 6) is 2.24. The highest BCUT2D eigenvalue weighted by Crippen LogP contribution is 2.28. The molecule has 0 saturated carbocycles. The summed E-state index contributed by atoms with van der Waals surface area (Å²) in [7, 11) is 0. The molecule has 0 aliphatic carbocycles. The molecule has 0 amide bonds. The first-order valence-corrected chi connectivity index (χ1v) is 7.15. The molecule has 0 saturated heterocycles. The maximum atomic E-state index is 5.65. The highest BCUT2D eigenvalue weighted by molar-refractivity contribution is 9.10. The molecule has 3 nitrogen and oxygen atoms in total. The fourth-order valence-corrected chi connectivity index (χ4v) is 2.55. The topological polar surface area (TPSA) is 31.0 Å². The Bertz CT molecular complexity index is 712. The van der Waals surface area contributed by atoms with Crippen LogP contribution in [0.3, 0.4) is 0 Å². The van der Waals surface area contributed by atoms with Crippen LogP contribution >= 0.6 is 15.9 Å². The second-order valence-corrected chi connectivity index (χ2v) is 5.81. The third-order valence-electron chi connectivity index (χ3n) is 3.00. The molecular formula is C15H15BrN2O. The fraction of sp³-hybridized carbons (Fsp3) is 0.267. The van der Waals surface area contributed by atoms with Crippen molar-refractivity contribution in [1.29, 1.82) is 0 Å². The summed E-state index contributed by atoms with van der Waals surface area (Å²) >= 11 is 3.34. The van der Waals surface area contributed by atoms with Gasteiger partial charge in [0.05, 0.1) is 11.0 Å². The zero-order valence-electron chi connectivity index (χ0n) is 10.9. The standard InChI is InChI=1S/C15H15BrN2O/c1-10(2)9-18-12-6-4-3-5-11(12)17-15(18)13-7-8-14(16)19-13/h3-8,10H,9H2,1-2H3. The van der Waals surface area contributed by atoms with E-state index in [4.69, 9.17) is 9.40 Å². The van der Waals surface area contributed by atoms with E-state index in [9.17, 15) is 0 Å². The van der Waals surface area contributed by atoms with Gasteiger partial charge in [-0.1, -0.05) is 26.0 Å². The van der Waals surface area contributed by atoms with Crippen molar-refractivity contribution in [1.82, 2.24) is 9.55 Å². The summed E-state index contributed by atoms with van der Waals surface area (Å²) in [5, 5.41) is 0. The summed E-state index contributed by atoms with van der Waals surface area (Å²) in [4.78, 5) is 4.70. The van der Waals surface area contributed by atoms with Crippen LogP contribution in [0.25, 0.3) is 22.6 Å². The zero-order chi connectivity index (χ0) is 13.4. The number of hydrogen-bond acceptors (Lipinski definition) is 2. The molecule has 0 fully saturated rings. The molecule has 1 aromatic carbocycles. The number of fused-ring (bicyclic) bond motifs is 1. The van der Waals surface area contributed by atoms with Crippen LogP contribution in [0.15, 0.2) is 45.5 Å². The third kappa shape index (κ3) is 2.32. The Balaban J connectivity index is 2.22. The molecule has 0 radical (unpaired) electrons. The Kier molecular flexibility index (Phi) is 3.19. The van der Waals surface area contributed by atoms with Gasteiger partial charge in [0.25, 0.3) is 0 Å². The lowest BCUT2D eigenvalue weighted by molar-refractivity contribution is 0.515. The van der Waals surface area contributed by atoms with Crippen LogP contribution in [0.2, 0.25) is 0 Å². The quantitative estimate of drug-likeness (QED) is 0.700. The predicted octanol–water partition coefficient (Wildman–Crippen LogP) is 4.71. The van der Waals surface area contributed by atoms with Gasteiger partial charge in [-0.05, 0) is 46.1 Å². The second kappa shape index (κ2) is 4.85. The molecule has 4 heteroatoms. The summed E-state index contributed by atoms with van der Waals surface area (Å²) in [5.41, 5.74) is 2.16. The van der Waals surface area contributed by atoms with Crippen LogP contribution < -0.4 is 0 Å². The van der Waals surface area contributed by atoms with Crippen molar-refractivity contribution < 1.29 is 4.42 Å². The van der Waals surface area contributed by atoms with Gasteiger partial charge in [-0.3, -0.25) is 0 Å². The van der Waals surface area contributed by atoms with Crippen molar-refractivity contribution in [2.24, 2.45) is 5.92 Å². The molecule has 98 valence electrons. The van der Waals surface area contributed by atoms with Crippen molar-refractivity contribution in [2.75, 3.05) is 0 Å². The number of nitrogens with zero attached hydrogens (tertiary/aromatic N) is 2. The summed E-state index contributed by atoms with van der Waals surface area (Å²) in [6.07, 6.45) is 0. The number of imidazole rings is 1. The molecule has 0 bridgehead atoms. The highest BCUT2D eigenvalue weighted by atomic mass is 79.9. The average Bonchev–Trinajstić information content (AvgIpc) is 2.94. The number of halogens is 1. The van der Waals surface area contributed by atoms with E-state index in [1.54, 1.807) is 0 Å². The van der Waals surface area contributed by atoms with E-state index >= 15 is 0 Å².